The number of nitrogens with zero attached hydrogens (tertiary/aromatic N) is 1. The van der Waals surface area contributed by atoms with Crippen molar-refractivity contribution in [2.24, 2.45) is 0 Å². The van der Waals surface area contributed by atoms with E-state index in [0.717, 1.165) is 23.4 Å². The van der Waals surface area contributed by atoms with E-state index >= 15 is 0 Å². The number of carbonyl (C=O) groups is 2. The van der Waals surface area contributed by atoms with Crippen LogP contribution in [-0.2, 0) is 28.3 Å². The molecule has 3 aromatic rings. The van der Waals surface area contributed by atoms with Crippen molar-refractivity contribution in [1.82, 2.24) is 4.90 Å². The third-order valence-corrected chi connectivity index (χ3v) is 5.57. The number of hydrogen-bond donors (Lipinski definition) is 0. The third kappa shape index (κ3) is 6.90. The topological polar surface area (TPSA) is 46.6 Å². The summed E-state index contributed by atoms with van der Waals surface area (Å²) in [6.07, 6.45) is -8.15. The van der Waals surface area contributed by atoms with Gasteiger partial charge in [0.2, 0.25) is 0 Å². The number of carbonyl (C=O) groups excluding carboxylic acids is 2. The molecule has 3 aromatic carbocycles. The van der Waals surface area contributed by atoms with Crippen LogP contribution in [0.15, 0.2) is 72.4 Å². The molecule has 0 aromatic heterocycles. The fourth-order valence-corrected chi connectivity index (χ4v) is 3.71. The molecule has 0 spiro atoms. The van der Waals surface area contributed by atoms with E-state index in [1.165, 1.54) is 13.0 Å². The Hall–Kier alpha value is -3.82. The lowest BCUT2D eigenvalue weighted by Crippen LogP contribution is -2.31. The van der Waals surface area contributed by atoms with E-state index in [1.807, 2.05) is 42.5 Å². The summed E-state index contributed by atoms with van der Waals surface area (Å²) in [6.45, 7) is 1.47. The maximum Gasteiger partial charge on any atom is 0.416 e. The summed E-state index contributed by atoms with van der Waals surface area (Å²) in [6, 6.07) is 14.1. The van der Waals surface area contributed by atoms with Gasteiger partial charge in [-0.2, -0.15) is 26.3 Å². The van der Waals surface area contributed by atoms with Crippen molar-refractivity contribution in [3.8, 4) is 0 Å². The zero-order valence-electron chi connectivity index (χ0n) is 19.9. The van der Waals surface area contributed by atoms with Crippen molar-refractivity contribution >= 4 is 22.6 Å². The zero-order valence-corrected chi connectivity index (χ0v) is 19.9. The van der Waals surface area contributed by atoms with Crippen LogP contribution in [0.4, 0.5) is 26.3 Å². The molecule has 1 amide bonds. The number of ether oxygens (including phenoxy) is 1. The molecule has 0 aliphatic rings. The molecule has 0 unspecified atom stereocenters. The van der Waals surface area contributed by atoms with Gasteiger partial charge in [0.15, 0.2) is 0 Å². The van der Waals surface area contributed by atoms with Crippen molar-refractivity contribution in [3.63, 3.8) is 0 Å². The fraction of sp³-hybridized carbons (Fsp3) is 0.259. The van der Waals surface area contributed by atoms with E-state index in [0.29, 0.717) is 23.5 Å². The first-order valence-corrected chi connectivity index (χ1v) is 11.2. The molecule has 0 fully saturated rings. The number of amides is 1. The maximum absolute atomic E-state index is 13.2. The fourth-order valence-electron chi connectivity index (χ4n) is 3.71. The van der Waals surface area contributed by atoms with Gasteiger partial charge in [0.1, 0.15) is 5.70 Å². The largest absolute Gasteiger partial charge is 0.461 e. The summed E-state index contributed by atoms with van der Waals surface area (Å²) in [5, 5.41) is 2.05. The zero-order chi connectivity index (χ0) is 27.4. The molecule has 3 rings (SSSR count). The minimum Gasteiger partial charge on any atom is -0.461 e. The van der Waals surface area contributed by atoms with Gasteiger partial charge in [-0.25, -0.2) is 4.79 Å². The van der Waals surface area contributed by atoms with Crippen LogP contribution in [0.3, 0.4) is 0 Å². The Morgan fingerprint density at radius 1 is 0.865 bits per heavy atom. The number of likely N-dealkylation sites (N-methyl/N-ethyl adjacent to an activating group) is 1. The highest BCUT2D eigenvalue weighted by Gasteiger charge is 2.38. The number of rotatable bonds is 7. The molecule has 37 heavy (non-hydrogen) atoms. The number of allylic oxidation sites excluding steroid dienone is 1. The van der Waals surface area contributed by atoms with Crippen LogP contribution < -0.4 is 0 Å². The number of hydrogen-bond acceptors (Lipinski definition) is 3. The molecule has 0 aliphatic carbocycles. The minimum atomic E-state index is -5.12. The molecule has 0 atom stereocenters. The molecule has 0 N–H and O–H groups in total. The highest BCUT2D eigenvalue weighted by Crippen LogP contribution is 2.36. The van der Waals surface area contributed by atoms with Gasteiger partial charge in [-0.3, -0.25) is 4.79 Å². The molecule has 196 valence electrons. The Kier molecular flexibility index (Phi) is 8.30. The van der Waals surface area contributed by atoms with E-state index < -0.39 is 40.9 Å². The Bertz CT molecular complexity index is 1300. The quantitative estimate of drug-likeness (QED) is 0.190. The number of aryl methyl sites for hydroxylation is 1. The van der Waals surface area contributed by atoms with Crippen LogP contribution >= 0.6 is 0 Å². The van der Waals surface area contributed by atoms with Gasteiger partial charge < -0.3 is 9.64 Å². The average Bonchev–Trinajstić information content (AvgIpc) is 2.84. The van der Waals surface area contributed by atoms with E-state index in [9.17, 15) is 35.9 Å². The number of fused-ring (bicyclic) bond motifs is 1. The van der Waals surface area contributed by atoms with Crippen molar-refractivity contribution < 1.29 is 40.7 Å². The molecule has 0 heterocycles. The summed E-state index contributed by atoms with van der Waals surface area (Å²) < 4.78 is 84.4. The summed E-state index contributed by atoms with van der Waals surface area (Å²) in [5.41, 5.74) is -3.48. The van der Waals surface area contributed by atoms with Crippen LogP contribution in [0.2, 0.25) is 0 Å². The van der Waals surface area contributed by atoms with E-state index in [1.54, 1.807) is 0 Å². The second kappa shape index (κ2) is 11.1. The highest BCUT2D eigenvalue weighted by molar-refractivity contribution is 6.01. The van der Waals surface area contributed by atoms with Crippen LogP contribution in [0.1, 0.15) is 40.4 Å². The van der Waals surface area contributed by atoms with Gasteiger partial charge in [0, 0.05) is 12.6 Å². The minimum absolute atomic E-state index is 0.0509. The molecule has 0 bridgehead atoms. The lowest BCUT2D eigenvalue weighted by atomic mass is 10.0. The second-order valence-corrected chi connectivity index (χ2v) is 8.19. The monoisotopic (exact) mass is 523 g/mol. The standard InChI is InChI=1S/C27H23F6NO3/c1-3-37-25(36)23(10-6-7-17-11-12-18-8-4-5-9-19(18)13-17)34(2)24(35)20-14-21(26(28,29)30)16-22(15-20)27(31,32)33/h4-5,8-16H,3,6-7H2,1-2H3/b23-10+. The highest BCUT2D eigenvalue weighted by atomic mass is 19.4. The maximum atomic E-state index is 13.2. The van der Waals surface area contributed by atoms with Gasteiger partial charge >= 0.3 is 18.3 Å². The first kappa shape index (κ1) is 27.8. The van der Waals surface area contributed by atoms with E-state index in [2.05, 4.69) is 0 Å². The van der Waals surface area contributed by atoms with Gasteiger partial charge in [0.25, 0.3) is 5.91 Å². The molecule has 10 heteroatoms. The van der Waals surface area contributed by atoms with Gasteiger partial charge in [-0.1, -0.05) is 48.5 Å². The van der Waals surface area contributed by atoms with Crippen LogP contribution in [-0.4, -0.2) is 30.4 Å². The van der Waals surface area contributed by atoms with Crippen molar-refractivity contribution in [1.29, 1.82) is 0 Å². The molecule has 0 saturated heterocycles. The summed E-state index contributed by atoms with van der Waals surface area (Å²) in [7, 11) is 1.09. The summed E-state index contributed by atoms with van der Waals surface area (Å²) in [4.78, 5) is 26.2. The van der Waals surface area contributed by atoms with Crippen molar-refractivity contribution in [2.75, 3.05) is 13.7 Å². The number of benzene rings is 3. The Morgan fingerprint density at radius 3 is 2.03 bits per heavy atom. The Labute approximate surface area is 209 Å². The Morgan fingerprint density at radius 2 is 1.46 bits per heavy atom. The van der Waals surface area contributed by atoms with Crippen LogP contribution in [0.25, 0.3) is 10.8 Å². The average molecular weight is 523 g/mol. The first-order valence-electron chi connectivity index (χ1n) is 11.2. The van der Waals surface area contributed by atoms with Crippen molar-refractivity contribution in [2.45, 2.75) is 32.1 Å². The normalized spacial score (nSPS) is 12.5. The third-order valence-electron chi connectivity index (χ3n) is 5.57. The van der Waals surface area contributed by atoms with E-state index in [-0.39, 0.29) is 24.8 Å². The molecular formula is C27H23F6NO3. The van der Waals surface area contributed by atoms with Gasteiger partial charge in [0.05, 0.1) is 17.7 Å². The first-order chi connectivity index (χ1) is 17.3. The summed E-state index contributed by atoms with van der Waals surface area (Å²) in [5.74, 6) is -2.15. The molecule has 4 nitrogen and oxygen atoms in total. The van der Waals surface area contributed by atoms with Gasteiger partial charge in [-0.15, -0.1) is 0 Å². The lowest BCUT2D eigenvalue weighted by Gasteiger charge is -2.21. The van der Waals surface area contributed by atoms with Gasteiger partial charge in [-0.05, 0) is 54.3 Å². The SMILES string of the molecule is CCOC(=O)/C(=C\CCc1ccc2ccccc2c1)N(C)C(=O)c1cc(C(F)(F)F)cc(C(F)(F)F)c1. The number of halogens is 6. The number of esters is 1. The molecular weight excluding hydrogens is 500 g/mol. The predicted octanol–water partition coefficient (Wildman–Crippen LogP) is 7.03. The number of alkyl halides is 6. The summed E-state index contributed by atoms with van der Waals surface area (Å²) >= 11 is 0. The second-order valence-electron chi connectivity index (χ2n) is 8.19. The van der Waals surface area contributed by atoms with Crippen molar-refractivity contribution in [3.05, 3.63) is 94.7 Å². The van der Waals surface area contributed by atoms with Crippen LogP contribution in [0, 0.1) is 0 Å². The Balaban J connectivity index is 1.91. The lowest BCUT2D eigenvalue weighted by molar-refractivity contribution is -0.143. The van der Waals surface area contributed by atoms with E-state index in [4.69, 9.17) is 4.74 Å². The van der Waals surface area contributed by atoms with Crippen LogP contribution in [0.5, 0.6) is 0 Å². The predicted molar refractivity (Wildman–Crippen MR) is 126 cm³/mol. The molecule has 0 radical (unpaired) electrons. The molecule has 0 aliphatic heterocycles. The smallest absolute Gasteiger partial charge is 0.416 e. The molecule has 0 saturated carbocycles.